The Morgan fingerprint density at radius 3 is 2.54 bits per heavy atom. The Labute approximate surface area is 164 Å². The predicted octanol–water partition coefficient (Wildman–Crippen LogP) is 2.65. The van der Waals surface area contributed by atoms with E-state index in [1.165, 1.54) is 37.3 Å². The predicted molar refractivity (Wildman–Crippen MR) is 101 cm³/mol. The molecule has 1 atom stereocenters. The highest BCUT2D eigenvalue weighted by atomic mass is 35.5. The third kappa shape index (κ3) is 3.65. The molecule has 28 heavy (non-hydrogen) atoms. The zero-order chi connectivity index (χ0) is 20.5. The summed E-state index contributed by atoms with van der Waals surface area (Å²) in [5, 5.41) is 16.3. The van der Waals surface area contributed by atoms with E-state index in [1.807, 2.05) is 0 Å². The molecular formula is C18H15ClN4O5. The number of nitrogens with zero attached hydrogens (tertiary/aromatic N) is 2. The largest absolute Gasteiger partial charge is 0.325 e. The van der Waals surface area contributed by atoms with E-state index in [4.69, 9.17) is 11.6 Å². The lowest BCUT2D eigenvalue weighted by Gasteiger charge is -2.22. The van der Waals surface area contributed by atoms with Crippen LogP contribution in [0.5, 0.6) is 0 Å². The van der Waals surface area contributed by atoms with Gasteiger partial charge in [-0.3, -0.25) is 24.6 Å². The topological polar surface area (TPSA) is 122 Å². The van der Waals surface area contributed by atoms with Gasteiger partial charge in [0.25, 0.3) is 11.6 Å². The Kier molecular flexibility index (Phi) is 5.02. The molecule has 0 aliphatic carbocycles. The van der Waals surface area contributed by atoms with Gasteiger partial charge in [0.2, 0.25) is 5.91 Å². The van der Waals surface area contributed by atoms with Crippen molar-refractivity contribution < 1.29 is 19.3 Å². The van der Waals surface area contributed by atoms with Gasteiger partial charge in [0.05, 0.1) is 4.92 Å². The number of carbonyl (C=O) groups is 3. The number of urea groups is 1. The number of halogens is 1. The molecule has 4 amide bonds. The first-order valence-corrected chi connectivity index (χ1v) is 8.53. The summed E-state index contributed by atoms with van der Waals surface area (Å²) >= 11 is 5.86. The maximum absolute atomic E-state index is 12.8. The molecule has 144 valence electrons. The SMILES string of the molecule is C[C@@]1(c2ccc([N+](=O)[O-])cc2)NC(=O)N(CC(=O)Nc2cccc(Cl)c2)C1=O. The average molecular weight is 403 g/mol. The van der Waals surface area contributed by atoms with Crippen molar-refractivity contribution >= 4 is 40.8 Å². The number of anilines is 1. The van der Waals surface area contributed by atoms with Gasteiger partial charge in [-0.05, 0) is 42.8 Å². The second kappa shape index (κ2) is 7.28. The summed E-state index contributed by atoms with van der Waals surface area (Å²) in [4.78, 5) is 48.3. The first kappa shape index (κ1) is 19.3. The third-order valence-corrected chi connectivity index (χ3v) is 4.58. The second-order valence-electron chi connectivity index (χ2n) is 6.31. The van der Waals surface area contributed by atoms with Gasteiger partial charge in [-0.25, -0.2) is 4.79 Å². The lowest BCUT2D eigenvalue weighted by atomic mass is 9.92. The molecule has 10 heteroatoms. The summed E-state index contributed by atoms with van der Waals surface area (Å²) in [6.07, 6.45) is 0. The average Bonchev–Trinajstić information content (AvgIpc) is 2.86. The number of hydrogen-bond donors (Lipinski definition) is 2. The van der Waals surface area contributed by atoms with Gasteiger partial charge in [0.1, 0.15) is 12.1 Å². The lowest BCUT2D eigenvalue weighted by molar-refractivity contribution is -0.384. The monoisotopic (exact) mass is 402 g/mol. The van der Waals surface area contributed by atoms with Crippen LogP contribution in [0.3, 0.4) is 0 Å². The molecule has 9 nitrogen and oxygen atoms in total. The van der Waals surface area contributed by atoms with Crippen LogP contribution in [-0.2, 0) is 15.1 Å². The fourth-order valence-electron chi connectivity index (χ4n) is 2.86. The molecule has 1 saturated heterocycles. The standard InChI is InChI=1S/C18H15ClN4O5/c1-18(11-5-7-14(8-6-11)23(27)28)16(25)22(17(26)21-18)10-15(24)20-13-4-2-3-12(19)9-13/h2-9H,10H2,1H3,(H,20,24)(H,21,26)/t18-/m0/s1. The Bertz CT molecular complexity index is 978. The summed E-state index contributed by atoms with van der Waals surface area (Å²) in [6.45, 7) is 0.989. The molecule has 0 aromatic heterocycles. The van der Waals surface area contributed by atoms with E-state index in [9.17, 15) is 24.5 Å². The Morgan fingerprint density at radius 2 is 1.93 bits per heavy atom. The highest BCUT2D eigenvalue weighted by Gasteiger charge is 2.49. The second-order valence-corrected chi connectivity index (χ2v) is 6.75. The maximum Gasteiger partial charge on any atom is 0.325 e. The minimum absolute atomic E-state index is 0.137. The van der Waals surface area contributed by atoms with Gasteiger partial charge in [0, 0.05) is 22.8 Å². The molecule has 0 saturated carbocycles. The molecule has 0 radical (unpaired) electrons. The third-order valence-electron chi connectivity index (χ3n) is 4.34. The maximum atomic E-state index is 12.8. The van der Waals surface area contributed by atoms with Crippen molar-refractivity contribution in [2.45, 2.75) is 12.5 Å². The molecule has 1 heterocycles. The highest BCUT2D eigenvalue weighted by molar-refractivity contribution is 6.30. The van der Waals surface area contributed by atoms with Crippen molar-refractivity contribution in [2.75, 3.05) is 11.9 Å². The van der Waals surface area contributed by atoms with Crippen molar-refractivity contribution in [1.29, 1.82) is 0 Å². The van der Waals surface area contributed by atoms with E-state index in [1.54, 1.807) is 18.2 Å². The number of nitro groups is 1. The Hall–Kier alpha value is -3.46. The van der Waals surface area contributed by atoms with Crippen LogP contribution in [0.15, 0.2) is 48.5 Å². The summed E-state index contributed by atoms with van der Waals surface area (Å²) in [5.74, 6) is -1.20. The fourth-order valence-corrected chi connectivity index (χ4v) is 3.05. The smallest absolute Gasteiger partial charge is 0.324 e. The number of imide groups is 1. The minimum Gasteiger partial charge on any atom is -0.324 e. The van der Waals surface area contributed by atoms with E-state index >= 15 is 0 Å². The van der Waals surface area contributed by atoms with Crippen LogP contribution >= 0.6 is 11.6 Å². The van der Waals surface area contributed by atoms with Gasteiger partial charge < -0.3 is 10.6 Å². The zero-order valence-corrected chi connectivity index (χ0v) is 15.4. The number of hydrogen-bond acceptors (Lipinski definition) is 5. The molecule has 2 aromatic rings. The molecule has 1 aliphatic rings. The van der Waals surface area contributed by atoms with Crippen LogP contribution in [0.25, 0.3) is 0 Å². The van der Waals surface area contributed by atoms with Crippen molar-refractivity contribution in [3.63, 3.8) is 0 Å². The van der Waals surface area contributed by atoms with E-state index in [0.717, 1.165) is 4.90 Å². The van der Waals surface area contributed by atoms with Crippen molar-refractivity contribution in [3.05, 3.63) is 69.2 Å². The molecule has 2 N–H and O–H groups in total. The number of amides is 4. The van der Waals surface area contributed by atoms with E-state index in [2.05, 4.69) is 10.6 Å². The zero-order valence-electron chi connectivity index (χ0n) is 14.6. The molecular weight excluding hydrogens is 388 g/mol. The fraction of sp³-hybridized carbons (Fsp3) is 0.167. The summed E-state index contributed by atoms with van der Waals surface area (Å²) in [6, 6.07) is 11.0. The summed E-state index contributed by atoms with van der Waals surface area (Å²) in [5.41, 5.74) is -0.763. The van der Waals surface area contributed by atoms with Crippen molar-refractivity contribution in [3.8, 4) is 0 Å². The number of benzene rings is 2. The summed E-state index contributed by atoms with van der Waals surface area (Å²) in [7, 11) is 0. The number of carbonyl (C=O) groups excluding carboxylic acids is 3. The molecule has 3 rings (SSSR count). The number of nitro benzene ring substituents is 1. The van der Waals surface area contributed by atoms with Gasteiger partial charge in [-0.2, -0.15) is 0 Å². The Balaban J connectivity index is 1.75. The van der Waals surface area contributed by atoms with Crippen LogP contribution in [0.4, 0.5) is 16.2 Å². The van der Waals surface area contributed by atoms with Crippen LogP contribution in [0, 0.1) is 10.1 Å². The highest BCUT2D eigenvalue weighted by Crippen LogP contribution is 2.30. The van der Waals surface area contributed by atoms with E-state index in [-0.39, 0.29) is 5.69 Å². The van der Waals surface area contributed by atoms with Crippen LogP contribution in [-0.4, -0.2) is 34.2 Å². The molecule has 0 spiro atoms. The van der Waals surface area contributed by atoms with E-state index < -0.39 is 34.9 Å². The van der Waals surface area contributed by atoms with Crippen molar-refractivity contribution in [2.24, 2.45) is 0 Å². The number of nitrogens with one attached hydrogen (secondary N) is 2. The van der Waals surface area contributed by atoms with E-state index in [0.29, 0.717) is 16.3 Å². The van der Waals surface area contributed by atoms with Gasteiger partial charge in [-0.15, -0.1) is 0 Å². The minimum atomic E-state index is -1.43. The molecule has 1 aliphatic heterocycles. The lowest BCUT2D eigenvalue weighted by Crippen LogP contribution is -2.42. The first-order chi connectivity index (χ1) is 13.2. The van der Waals surface area contributed by atoms with Crippen LogP contribution in [0.2, 0.25) is 5.02 Å². The molecule has 0 bridgehead atoms. The first-order valence-electron chi connectivity index (χ1n) is 8.15. The van der Waals surface area contributed by atoms with Gasteiger partial charge in [-0.1, -0.05) is 17.7 Å². The molecule has 1 fully saturated rings. The van der Waals surface area contributed by atoms with Gasteiger partial charge in [0.15, 0.2) is 0 Å². The quantitative estimate of drug-likeness (QED) is 0.452. The van der Waals surface area contributed by atoms with Gasteiger partial charge >= 0.3 is 6.03 Å². The Morgan fingerprint density at radius 1 is 1.25 bits per heavy atom. The summed E-state index contributed by atoms with van der Waals surface area (Å²) < 4.78 is 0. The van der Waals surface area contributed by atoms with Crippen LogP contribution in [0.1, 0.15) is 12.5 Å². The molecule has 0 unspecified atom stereocenters. The van der Waals surface area contributed by atoms with Crippen molar-refractivity contribution in [1.82, 2.24) is 10.2 Å². The van der Waals surface area contributed by atoms with Crippen LogP contribution < -0.4 is 10.6 Å². The molecule has 2 aromatic carbocycles. The normalized spacial score (nSPS) is 18.7. The number of rotatable bonds is 5. The number of non-ortho nitro benzene ring substituents is 1.